The van der Waals surface area contributed by atoms with E-state index in [-0.39, 0.29) is 55.2 Å². The van der Waals surface area contributed by atoms with Gasteiger partial charge in [-0.05, 0) is 83.7 Å². The number of ketones is 1. The van der Waals surface area contributed by atoms with Crippen molar-refractivity contribution in [2.24, 2.45) is 22.7 Å². The Morgan fingerprint density at radius 1 is 0.891 bits per heavy atom. The zero-order chi connectivity index (χ0) is 40.6. The first kappa shape index (κ1) is 42.4. The van der Waals surface area contributed by atoms with Gasteiger partial charge in [0.1, 0.15) is 5.75 Å². The van der Waals surface area contributed by atoms with E-state index in [1.54, 1.807) is 0 Å². The number of carbonyl (C=O) groups excluding carboxylic acids is 1. The number of hydrogen-bond donors (Lipinski definition) is 1. The van der Waals surface area contributed by atoms with Gasteiger partial charge in [0.05, 0.1) is 19.3 Å². The molecule has 0 saturated heterocycles. The Kier molecular flexibility index (Phi) is 13.2. The minimum atomic E-state index is -4.35. The van der Waals surface area contributed by atoms with Gasteiger partial charge in [0, 0.05) is 55.3 Å². The van der Waals surface area contributed by atoms with Crippen LogP contribution in [0.15, 0.2) is 66.5 Å². The Morgan fingerprint density at radius 2 is 1.55 bits per heavy atom. The van der Waals surface area contributed by atoms with Crippen LogP contribution >= 0.6 is 0 Å². The molecule has 4 nitrogen and oxygen atoms in total. The predicted octanol–water partition coefficient (Wildman–Crippen LogP) is 14.0. The Balaban J connectivity index is 0.000000314. The number of aliphatic hydroxyl groups is 1. The molecule has 55 heavy (non-hydrogen) atoms. The second-order valence-corrected chi connectivity index (χ2v) is 17.3. The summed E-state index contributed by atoms with van der Waals surface area (Å²) in [7, 11) is 0. The van der Waals surface area contributed by atoms with E-state index >= 15 is 0 Å². The third-order valence-electron chi connectivity index (χ3n) is 10.1. The van der Waals surface area contributed by atoms with Crippen molar-refractivity contribution in [3.8, 4) is 22.8 Å². The number of aromatic nitrogens is 1. The third kappa shape index (κ3) is 10.4. The number of pyridine rings is 1. The van der Waals surface area contributed by atoms with Crippen LogP contribution in [-0.2, 0) is 37.7 Å². The molecule has 1 aliphatic heterocycles. The van der Waals surface area contributed by atoms with Gasteiger partial charge in [-0.25, -0.2) is 0 Å². The van der Waals surface area contributed by atoms with E-state index in [1.165, 1.54) is 34.4 Å². The van der Waals surface area contributed by atoms with Gasteiger partial charge in [-0.15, -0.1) is 17.5 Å². The number of hydrogen-bond acceptors (Lipinski definition) is 4. The average Bonchev–Trinajstić information content (AvgIpc) is 3.07. The second-order valence-electron chi connectivity index (χ2n) is 17.3. The number of nitrogens with zero attached hydrogens (tertiary/aromatic N) is 1. The summed E-state index contributed by atoms with van der Waals surface area (Å²) in [4.78, 5) is 16.4. The van der Waals surface area contributed by atoms with Crippen LogP contribution in [0.25, 0.3) is 43.6 Å². The van der Waals surface area contributed by atoms with Gasteiger partial charge < -0.3 is 9.84 Å². The predicted molar refractivity (Wildman–Crippen MR) is 216 cm³/mol. The minimum absolute atomic E-state index is 0. The molecule has 2 heterocycles. The second kappa shape index (κ2) is 17.2. The molecular weight excluding hydrogens is 876 g/mol. The minimum Gasteiger partial charge on any atom is -0.512 e. The maximum atomic E-state index is 12.2. The van der Waals surface area contributed by atoms with Crippen LogP contribution in [-0.4, -0.2) is 22.1 Å². The Hall–Kier alpha value is -3.74. The van der Waals surface area contributed by atoms with Crippen LogP contribution in [0, 0.1) is 35.7 Å². The molecule has 4 aromatic carbocycles. The third-order valence-corrected chi connectivity index (χ3v) is 10.1. The molecule has 1 aromatic heterocycles. The molecule has 297 valence electrons. The average molecular weight is 932 g/mol. The number of ether oxygens (including phenoxy) is 1. The van der Waals surface area contributed by atoms with Crippen molar-refractivity contribution >= 4 is 38.1 Å². The number of fused-ring (bicyclic) bond motifs is 5. The molecule has 0 aliphatic carbocycles. The first-order chi connectivity index (χ1) is 25.6. The molecule has 0 fully saturated rings. The fourth-order valence-corrected chi connectivity index (χ4v) is 7.49. The Labute approximate surface area is 339 Å². The van der Waals surface area contributed by atoms with Crippen molar-refractivity contribution in [3.63, 3.8) is 0 Å². The number of carbonyl (C=O) groups is 1. The molecule has 1 unspecified atom stereocenters. The van der Waals surface area contributed by atoms with Gasteiger partial charge in [-0.3, -0.25) is 9.78 Å². The fourth-order valence-electron chi connectivity index (χ4n) is 7.49. The first-order valence-electron chi connectivity index (χ1n) is 19.7. The molecule has 5 aromatic rings. The molecule has 6 rings (SSSR count). The molecule has 1 N–H and O–H groups in total. The Morgan fingerprint density at radius 3 is 2.15 bits per heavy atom. The number of halogens is 3. The SMILES string of the molecule is CCC(CC(F)(F)F)C(=O)/C=C(\O)C(CC)CC.[2H]c1cc2c3c(cc4c(CC(C)(C)C)cccc42)Oc2c([c-]c4cc(C)ccc4c2CC(C)(C)C)-c3n1.[Ir]. The summed E-state index contributed by atoms with van der Waals surface area (Å²) < 4.78 is 52.3. The van der Waals surface area contributed by atoms with Gasteiger partial charge in [0.15, 0.2) is 5.78 Å². The topological polar surface area (TPSA) is 59.4 Å². The first-order valence-corrected chi connectivity index (χ1v) is 19.2. The molecule has 0 bridgehead atoms. The van der Waals surface area contributed by atoms with Crippen molar-refractivity contribution in [3.05, 3.63) is 89.3 Å². The summed E-state index contributed by atoms with van der Waals surface area (Å²) in [6.07, 6.45) is -0.989. The summed E-state index contributed by atoms with van der Waals surface area (Å²) in [5.74, 6) is -0.330. The largest absolute Gasteiger partial charge is 0.512 e. The van der Waals surface area contributed by atoms with Gasteiger partial charge in [-0.1, -0.05) is 115 Å². The summed E-state index contributed by atoms with van der Waals surface area (Å²) in [6, 6.07) is 20.8. The molecular formula is C47H55F3IrNO3-. The summed E-state index contributed by atoms with van der Waals surface area (Å²) in [6.45, 7) is 21.0. The quantitative estimate of drug-likeness (QED) is 0.0679. The van der Waals surface area contributed by atoms with Gasteiger partial charge >= 0.3 is 6.18 Å². The van der Waals surface area contributed by atoms with E-state index in [9.17, 15) is 23.1 Å². The number of alkyl halides is 3. The zero-order valence-electron chi connectivity index (χ0n) is 34.8. The molecule has 8 heteroatoms. The van der Waals surface area contributed by atoms with Gasteiger partial charge in [0.2, 0.25) is 0 Å². The fraction of sp³-hybridized carbons (Fsp3) is 0.447. The zero-order valence-corrected chi connectivity index (χ0v) is 36.2. The van der Waals surface area contributed by atoms with Crippen molar-refractivity contribution < 1.29 is 49.3 Å². The monoisotopic (exact) mass is 932 g/mol. The number of allylic oxidation sites excluding steroid dienone is 2. The molecule has 0 spiro atoms. The Bertz CT molecular complexity index is 2260. The van der Waals surface area contributed by atoms with Crippen molar-refractivity contribution in [2.45, 2.75) is 114 Å². The van der Waals surface area contributed by atoms with E-state index in [0.717, 1.165) is 63.2 Å². The molecule has 0 amide bonds. The van der Waals surface area contributed by atoms with Crippen LogP contribution in [0.1, 0.15) is 106 Å². The van der Waals surface area contributed by atoms with E-state index in [2.05, 4.69) is 97.0 Å². The smallest absolute Gasteiger partial charge is 0.389 e. The van der Waals surface area contributed by atoms with Crippen LogP contribution in [0.2, 0.25) is 0 Å². The summed E-state index contributed by atoms with van der Waals surface area (Å²) in [5.41, 5.74) is 5.60. The van der Waals surface area contributed by atoms with Crippen molar-refractivity contribution in [2.75, 3.05) is 0 Å². The van der Waals surface area contributed by atoms with E-state index < -0.39 is 24.3 Å². The van der Waals surface area contributed by atoms with Crippen LogP contribution < -0.4 is 4.74 Å². The molecule has 1 aliphatic rings. The molecule has 1 radical (unpaired) electrons. The van der Waals surface area contributed by atoms with Crippen molar-refractivity contribution in [1.82, 2.24) is 4.98 Å². The van der Waals surface area contributed by atoms with Crippen LogP contribution in [0.3, 0.4) is 0 Å². The number of benzene rings is 4. The van der Waals surface area contributed by atoms with Crippen LogP contribution in [0.4, 0.5) is 13.2 Å². The number of rotatable bonds is 9. The van der Waals surface area contributed by atoms with E-state index in [4.69, 9.17) is 11.1 Å². The van der Waals surface area contributed by atoms with Crippen LogP contribution in [0.5, 0.6) is 11.5 Å². The normalized spacial score (nSPS) is 13.9. The molecule has 0 saturated carbocycles. The standard InChI is InChI=1S/C34H34NO.C13H21F3O2.Ir/c1-20-11-12-23-22(15-20)16-27-31-30-25(13-14-35-31)24-10-8-9-21(18-33(2,3)4)26(24)17-29(30)36-32(27)28(23)19-34(5,6)7;1-4-9(5-2)11(17)7-12(18)10(6-3)8-13(14,15)16;/h8-15,17H,18-19H2,1-7H3;7,9-10,17H,4-6,8H2,1-3H3;/q-1;;/b;11-7-;/i14D;;. The van der Waals surface area contributed by atoms with E-state index in [1.807, 2.05) is 19.9 Å². The van der Waals surface area contributed by atoms with Gasteiger partial charge in [0.25, 0.3) is 0 Å². The number of aryl methyl sites for hydroxylation is 1. The maximum absolute atomic E-state index is 12.2. The number of aliphatic hydroxyl groups excluding tert-OH is 1. The molecule has 1 atom stereocenters. The summed E-state index contributed by atoms with van der Waals surface area (Å²) in [5, 5.41) is 16.3. The maximum Gasteiger partial charge on any atom is 0.389 e. The van der Waals surface area contributed by atoms with E-state index in [0.29, 0.717) is 12.8 Å². The van der Waals surface area contributed by atoms with Gasteiger partial charge in [-0.2, -0.15) is 13.2 Å². The van der Waals surface area contributed by atoms with Crippen molar-refractivity contribution in [1.29, 1.82) is 0 Å². The summed E-state index contributed by atoms with van der Waals surface area (Å²) >= 11 is 0.